The van der Waals surface area contributed by atoms with Crippen molar-refractivity contribution in [3.63, 3.8) is 0 Å². The van der Waals surface area contributed by atoms with Crippen LogP contribution in [0.5, 0.6) is 0 Å². The van der Waals surface area contributed by atoms with E-state index >= 15 is 0 Å². The Morgan fingerprint density at radius 2 is 1.68 bits per heavy atom. The minimum atomic E-state index is -1.20. The SMILES string of the molecule is C[C@@]1(c2ccc3ccccc3c2)NC(=O)N(CC(=O)NCCCc2ccccc2)C1=O. The lowest BCUT2D eigenvalue weighted by Crippen LogP contribution is -2.43. The summed E-state index contributed by atoms with van der Waals surface area (Å²) in [7, 11) is 0. The van der Waals surface area contributed by atoms with Crippen LogP contribution in [0.4, 0.5) is 4.79 Å². The molecule has 4 rings (SSSR count). The lowest BCUT2D eigenvalue weighted by molar-refractivity contribution is -0.134. The van der Waals surface area contributed by atoms with Gasteiger partial charge in [-0.3, -0.25) is 14.5 Å². The molecule has 0 aromatic heterocycles. The topological polar surface area (TPSA) is 78.5 Å². The number of benzene rings is 3. The second kappa shape index (κ2) is 8.60. The summed E-state index contributed by atoms with van der Waals surface area (Å²) in [5.41, 5.74) is 0.696. The maximum absolute atomic E-state index is 13.1. The summed E-state index contributed by atoms with van der Waals surface area (Å²) in [6.45, 7) is 1.87. The van der Waals surface area contributed by atoms with E-state index in [1.165, 1.54) is 5.56 Å². The van der Waals surface area contributed by atoms with Gasteiger partial charge >= 0.3 is 6.03 Å². The maximum Gasteiger partial charge on any atom is 0.325 e. The minimum absolute atomic E-state index is 0.292. The number of amides is 4. The van der Waals surface area contributed by atoms with Gasteiger partial charge in [0.1, 0.15) is 12.1 Å². The lowest BCUT2D eigenvalue weighted by atomic mass is 9.90. The first-order valence-electron chi connectivity index (χ1n) is 10.4. The first kappa shape index (κ1) is 20.6. The Morgan fingerprint density at radius 3 is 2.45 bits per heavy atom. The van der Waals surface area contributed by atoms with Crippen molar-refractivity contribution in [2.75, 3.05) is 13.1 Å². The second-order valence-corrected chi connectivity index (χ2v) is 7.95. The molecule has 6 heteroatoms. The molecule has 0 bridgehead atoms. The van der Waals surface area contributed by atoms with Crippen molar-refractivity contribution in [1.29, 1.82) is 0 Å². The zero-order valence-electron chi connectivity index (χ0n) is 17.4. The Balaban J connectivity index is 1.37. The lowest BCUT2D eigenvalue weighted by Gasteiger charge is -2.22. The molecule has 2 N–H and O–H groups in total. The molecule has 0 unspecified atom stereocenters. The van der Waals surface area contributed by atoms with E-state index in [-0.39, 0.29) is 12.5 Å². The molecular weight excluding hydrogens is 390 g/mol. The molecule has 3 aromatic rings. The van der Waals surface area contributed by atoms with Gasteiger partial charge in [0.15, 0.2) is 0 Å². The smallest absolute Gasteiger partial charge is 0.325 e. The van der Waals surface area contributed by atoms with E-state index in [1.54, 1.807) is 6.92 Å². The first-order valence-corrected chi connectivity index (χ1v) is 10.4. The van der Waals surface area contributed by atoms with Crippen molar-refractivity contribution in [2.45, 2.75) is 25.3 Å². The summed E-state index contributed by atoms with van der Waals surface area (Å²) >= 11 is 0. The standard InChI is InChI=1S/C25H25N3O3/c1-25(21-14-13-19-11-5-6-12-20(19)16-21)23(30)28(24(31)27-25)17-22(29)26-15-7-10-18-8-3-2-4-9-18/h2-6,8-9,11-14,16H,7,10,15,17H2,1H3,(H,26,29)(H,27,31)/t25-/m0/s1. The Hall–Kier alpha value is -3.67. The maximum atomic E-state index is 13.1. The number of nitrogens with zero attached hydrogens (tertiary/aromatic N) is 1. The van der Waals surface area contributed by atoms with E-state index in [0.717, 1.165) is 28.5 Å². The number of carbonyl (C=O) groups is 3. The van der Waals surface area contributed by atoms with Crippen molar-refractivity contribution in [3.8, 4) is 0 Å². The molecule has 1 aliphatic rings. The third kappa shape index (κ3) is 4.28. The molecule has 158 valence electrons. The number of hydrogen-bond acceptors (Lipinski definition) is 3. The third-order valence-electron chi connectivity index (χ3n) is 5.71. The van der Waals surface area contributed by atoms with Gasteiger partial charge < -0.3 is 10.6 Å². The molecule has 1 aliphatic heterocycles. The molecule has 0 saturated carbocycles. The number of urea groups is 1. The highest BCUT2D eigenvalue weighted by Crippen LogP contribution is 2.30. The van der Waals surface area contributed by atoms with E-state index in [0.29, 0.717) is 12.1 Å². The summed E-state index contributed by atoms with van der Waals surface area (Å²) in [5, 5.41) is 7.60. The number of hydrogen-bond donors (Lipinski definition) is 2. The second-order valence-electron chi connectivity index (χ2n) is 7.95. The zero-order valence-corrected chi connectivity index (χ0v) is 17.4. The number of aryl methyl sites for hydroxylation is 1. The van der Waals surface area contributed by atoms with Gasteiger partial charge in [-0.25, -0.2) is 4.79 Å². The Morgan fingerprint density at radius 1 is 0.968 bits per heavy atom. The fraction of sp³-hybridized carbons (Fsp3) is 0.240. The first-order chi connectivity index (χ1) is 15.0. The van der Waals surface area contributed by atoms with Crippen LogP contribution in [0.25, 0.3) is 10.8 Å². The Bertz CT molecular complexity index is 1130. The van der Waals surface area contributed by atoms with E-state index in [2.05, 4.69) is 10.6 Å². The third-order valence-corrected chi connectivity index (χ3v) is 5.71. The monoisotopic (exact) mass is 415 g/mol. The van der Waals surface area contributed by atoms with Crippen LogP contribution in [0.2, 0.25) is 0 Å². The van der Waals surface area contributed by atoms with Gasteiger partial charge in [0.05, 0.1) is 0 Å². The molecule has 4 amide bonds. The largest absolute Gasteiger partial charge is 0.355 e. The molecule has 1 fully saturated rings. The zero-order chi connectivity index (χ0) is 21.8. The Labute approximate surface area is 181 Å². The fourth-order valence-electron chi connectivity index (χ4n) is 3.90. The van der Waals surface area contributed by atoms with Gasteiger partial charge in [-0.15, -0.1) is 0 Å². The van der Waals surface area contributed by atoms with Crippen LogP contribution >= 0.6 is 0 Å². The molecule has 1 atom stereocenters. The predicted octanol–water partition coefficient (Wildman–Crippen LogP) is 3.36. The molecule has 0 radical (unpaired) electrons. The van der Waals surface area contributed by atoms with Crippen molar-refractivity contribution in [3.05, 3.63) is 83.9 Å². The number of rotatable bonds is 7. The molecule has 0 spiro atoms. The van der Waals surface area contributed by atoms with Crippen molar-refractivity contribution < 1.29 is 14.4 Å². The van der Waals surface area contributed by atoms with Crippen LogP contribution in [0, 0.1) is 0 Å². The molecule has 6 nitrogen and oxygen atoms in total. The van der Waals surface area contributed by atoms with E-state index in [4.69, 9.17) is 0 Å². The molecule has 1 saturated heterocycles. The minimum Gasteiger partial charge on any atom is -0.355 e. The summed E-state index contributed by atoms with van der Waals surface area (Å²) in [4.78, 5) is 38.9. The number of fused-ring (bicyclic) bond motifs is 1. The van der Waals surface area contributed by atoms with Gasteiger partial charge in [0.25, 0.3) is 5.91 Å². The summed E-state index contributed by atoms with van der Waals surface area (Å²) < 4.78 is 0. The van der Waals surface area contributed by atoms with Crippen molar-refractivity contribution in [1.82, 2.24) is 15.5 Å². The highest BCUT2D eigenvalue weighted by Gasteiger charge is 2.49. The van der Waals surface area contributed by atoms with Crippen LogP contribution < -0.4 is 10.6 Å². The number of nitrogens with one attached hydrogen (secondary N) is 2. The van der Waals surface area contributed by atoms with E-state index in [1.807, 2.05) is 72.8 Å². The predicted molar refractivity (Wildman–Crippen MR) is 119 cm³/mol. The van der Waals surface area contributed by atoms with E-state index in [9.17, 15) is 14.4 Å². The average molecular weight is 415 g/mol. The molecular formula is C25H25N3O3. The molecule has 1 heterocycles. The summed E-state index contributed by atoms with van der Waals surface area (Å²) in [5.74, 6) is -0.772. The Kier molecular flexibility index (Phi) is 5.71. The summed E-state index contributed by atoms with van der Waals surface area (Å²) in [6, 6.07) is 23.0. The van der Waals surface area contributed by atoms with Gasteiger partial charge in [-0.1, -0.05) is 66.7 Å². The van der Waals surface area contributed by atoms with Crippen LogP contribution in [0.3, 0.4) is 0 Å². The van der Waals surface area contributed by atoms with E-state index < -0.39 is 17.5 Å². The van der Waals surface area contributed by atoms with Crippen molar-refractivity contribution in [2.24, 2.45) is 0 Å². The van der Waals surface area contributed by atoms with Crippen LogP contribution in [0.1, 0.15) is 24.5 Å². The normalized spacial score (nSPS) is 18.3. The molecule has 31 heavy (non-hydrogen) atoms. The van der Waals surface area contributed by atoms with Gasteiger partial charge in [-0.2, -0.15) is 0 Å². The van der Waals surface area contributed by atoms with Gasteiger partial charge in [-0.05, 0) is 47.7 Å². The molecule has 0 aliphatic carbocycles. The van der Waals surface area contributed by atoms with Crippen LogP contribution in [-0.2, 0) is 21.5 Å². The van der Waals surface area contributed by atoms with Gasteiger partial charge in [0, 0.05) is 6.54 Å². The summed E-state index contributed by atoms with van der Waals surface area (Å²) in [6.07, 6.45) is 1.63. The highest BCUT2D eigenvalue weighted by molar-refractivity contribution is 6.09. The van der Waals surface area contributed by atoms with Crippen LogP contribution in [0.15, 0.2) is 72.8 Å². The quantitative estimate of drug-likeness (QED) is 0.459. The fourth-order valence-corrected chi connectivity index (χ4v) is 3.90. The average Bonchev–Trinajstić information content (AvgIpc) is 3.01. The van der Waals surface area contributed by atoms with Crippen LogP contribution in [-0.4, -0.2) is 35.8 Å². The van der Waals surface area contributed by atoms with Crippen molar-refractivity contribution >= 4 is 28.6 Å². The molecule has 3 aromatic carbocycles. The number of carbonyl (C=O) groups excluding carboxylic acids is 3. The highest BCUT2D eigenvalue weighted by atomic mass is 16.2. The van der Waals surface area contributed by atoms with Gasteiger partial charge in [0.2, 0.25) is 5.91 Å². The number of imide groups is 1.